The highest BCUT2D eigenvalue weighted by molar-refractivity contribution is 5.87. The van der Waals surface area contributed by atoms with E-state index in [1.807, 2.05) is 39.0 Å². The van der Waals surface area contributed by atoms with Gasteiger partial charge in [0.2, 0.25) is 11.8 Å². The molecule has 1 heterocycles. The first kappa shape index (κ1) is 17.1. The Morgan fingerprint density at radius 1 is 1.38 bits per heavy atom. The van der Waals surface area contributed by atoms with Crippen LogP contribution in [-0.4, -0.2) is 41.3 Å². The number of rotatable bonds is 6. The van der Waals surface area contributed by atoms with Crippen LogP contribution in [0.4, 0.5) is 0 Å². The second-order valence-electron chi connectivity index (χ2n) is 5.51. The van der Waals surface area contributed by atoms with Gasteiger partial charge in [-0.15, -0.1) is 0 Å². The summed E-state index contributed by atoms with van der Waals surface area (Å²) >= 11 is 0. The molecule has 0 aliphatic heterocycles. The quantitative estimate of drug-likeness (QED) is 0.796. The van der Waals surface area contributed by atoms with Crippen LogP contribution in [0.3, 0.4) is 0 Å². The zero-order valence-corrected chi connectivity index (χ0v) is 13.1. The number of nitrogens with zero attached hydrogens (tertiary/aromatic N) is 2. The molecule has 0 aromatic carbocycles. The molecule has 0 saturated heterocycles. The molecule has 0 unspecified atom stereocenters. The van der Waals surface area contributed by atoms with Crippen LogP contribution < -0.4 is 11.1 Å². The normalized spacial score (nSPS) is 12.1. The molecule has 0 aliphatic rings. The van der Waals surface area contributed by atoms with Gasteiger partial charge in [0.15, 0.2) is 0 Å². The Hall–Kier alpha value is -1.95. The number of carbonyl (C=O) groups is 2. The van der Waals surface area contributed by atoms with Crippen LogP contribution in [-0.2, 0) is 16.1 Å². The van der Waals surface area contributed by atoms with E-state index in [-0.39, 0.29) is 24.3 Å². The van der Waals surface area contributed by atoms with Crippen LogP contribution in [0.25, 0.3) is 0 Å². The SMILES string of the molecule is Cc1cccc(CN(C)C(=O)CNC(=O)[C@@H](N)C(C)C)n1. The number of hydrogen-bond donors (Lipinski definition) is 2. The summed E-state index contributed by atoms with van der Waals surface area (Å²) in [6.07, 6.45) is 0. The van der Waals surface area contributed by atoms with Gasteiger partial charge in [-0.3, -0.25) is 14.6 Å². The molecule has 1 atom stereocenters. The van der Waals surface area contributed by atoms with Crippen LogP contribution in [0.15, 0.2) is 18.2 Å². The molecule has 21 heavy (non-hydrogen) atoms. The van der Waals surface area contributed by atoms with Crippen molar-refractivity contribution in [1.82, 2.24) is 15.2 Å². The summed E-state index contributed by atoms with van der Waals surface area (Å²) in [7, 11) is 1.68. The first-order chi connectivity index (χ1) is 9.81. The minimum Gasteiger partial charge on any atom is -0.346 e. The first-order valence-corrected chi connectivity index (χ1v) is 7.01. The average molecular weight is 292 g/mol. The number of nitrogens with one attached hydrogen (secondary N) is 1. The average Bonchev–Trinajstić information content (AvgIpc) is 2.43. The molecule has 1 aromatic rings. The van der Waals surface area contributed by atoms with Crippen LogP contribution >= 0.6 is 0 Å². The number of likely N-dealkylation sites (N-methyl/N-ethyl adjacent to an activating group) is 1. The highest BCUT2D eigenvalue weighted by Crippen LogP contribution is 2.02. The topological polar surface area (TPSA) is 88.3 Å². The van der Waals surface area contributed by atoms with Gasteiger partial charge in [-0.25, -0.2) is 0 Å². The van der Waals surface area contributed by atoms with E-state index in [2.05, 4.69) is 10.3 Å². The molecule has 1 rings (SSSR count). The van der Waals surface area contributed by atoms with Crippen LogP contribution in [0.1, 0.15) is 25.2 Å². The number of hydrogen-bond acceptors (Lipinski definition) is 4. The van der Waals surface area contributed by atoms with E-state index in [1.165, 1.54) is 4.90 Å². The Morgan fingerprint density at radius 2 is 2.05 bits per heavy atom. The maximum atomic E-state index is 12.0. The molecule has 0 aliphatic carbocycles. The van der Waals surface area contributed by atoms with E-state index in [4.69, 9.17) is 5.73 Å². The molecule has 1 aromatic heterocycles. The number of amides is 2. The molecule has 0 fully saturated rings. The van der Waals surface area contributed by atoms with Gasteiger partial charge in [-0.2, -0.15) is 0 Å². The van der Waals surface area contributed by atoms with Crippen molar-refractivity contribution in [3.8, 4) is 0 Å². The lowest BCUT2D eigenvalue weighted by atomic mass is 10.1. The Kier molecular flexibility index (Phi) is 6.30. The van der Waals surface area contributed by atoms with Crippen LogP contribution in [0.5, 0.6) is 0 Å². The number of aromatic nitrogens is 1. The van der Waals surface area contributed by atoms with Crippen molar-refractivity contribution >= 4 is 11.8 Å². The van der Waals surface area contributed by atoms with Crippen molar-refractivity contribution in [3.63, 3.8) is 0 Å². The standard InChI is InChI=1S/C15H24N4O2/c1-10(2)14(16)15(21)17-8-13(20)19(4)9-12-7-5-6-11(3)18-12/h5-7,10,14H,8-9,16H2,1-4H3,(H,17,21)/t14-/m0/s1. The Balaban J connectivity index is 2.46. The molecule has 116 valence electrons. The fourth-order valence-electron chi connectivity index (χ4n) is 1.74. The van der Waals surface area contributed by atoms with Crippen molar-refractivity contribution in [2.24, 2.45) is 11.7 Å². The van der Waals surface area contributed by atoms with Crippen molar-refractivity contribution in [2.45, 2.75) is 33.4 Å². The minimum atomic E-state index is -0.596. The molecule has 3 N–H and O–H groups in total. The Morgan fingerprint density at radius 3 is 2.62 bits per heavy atom. The summed E-state index contributed by atoms with van der Waals surface area (Å²) in [5.41, 5.74) is 7.44. The van der Waals surface area contributed by atoms with Gasteiger partial charge in [0.25, 0.3) is 0 Å². The lowest BCUT2D eigenvalue weighted by Gasteiger charge is -2.19. The smallest absolute Gasteiger partial charge is 0.242 e. The number of aryl methyl sites for hydroxylation is 1. The molecule has 0 radical (unpaired) electrons. The van der Waals surface area contributed by atoms with Gasteiger partial charge in [0.1, 0.15) is 0 Å². The molecular formula is C15H24N4O2. The zero-order valence-electron chi connectivity index (χ0n) is 13.1. The van der Waals surface area contributed by atoms with Gasteiger partial charge in [-0.1, -0.05) is 19.9 Å². The van der Waals surface area contributed by atoms with E-state index in [0.29, 0.717) is 6.54 Å². The number of pyridine rings is 1. The highest BCUT2D eigenvalue weighted by atomic mass is 16.2. The molecular weight excluding hydrogens is 268 g/mol. The minimum absolute atomic E-state index is 0.0364. The predicted molar refractivity (Wildman–Crippen MR) is 81.3 cm³/mol. The lowest BCUT2D eigenvalue weighted by Crippen LogP contribution is -2.47. The lowest BCUT2D eigenvalue weighted by molar-refractivity contribution is -0.132. The van der Waals surface area contributed by atoms with Gasteiger partial charge >= 0.3 is 0 Å². The molecule has 0 saturated carbocycles. The third-order valence-electron chi connectivity index (χ3n) is 3.21. The second kappa shape index (κ2) is 7.73. The summed E-state index contributed by atoms with van der Waals surface area (Å²) in [6, 6.07) is 5.07. The first-order valence-electron chi connectivity index (χ1n) is 7.01. The van der Waals surface area contributed by atoms with Crippen LogP contribution in [0, 0.1) is 12.8 Å². The van der Waals surface area contributed by atoms with Crippen molar-refractivity contribution < 1.29 is 9.59 Å². The summed E-state index contributed by atoms with van der Waals surface area (Å²) in [6.45, 7) is 5.98. The predicted octanol–water partition coefficient (Wildman–Crippen LogP) is 0.448. The molecule has 0 spiro atoms. The third-order valence-corrected chi connectivity index (χ3v) is 3.21. The maximum Gasteiger partial charge on any atom is 0.242 e. The Bertz CT molecular complexity index is 502. The summed E-state index contributed by atoms with van der Waals surface area (Å²) in [4.78, 5) is 29.5. The fourth-order valence-corrected chi connectivity index (χ4v) is 1.74. The van der Waals surface area contributed by atoms with Gasteiger partial charge < -0.3 is 16.0 Å². The summed E-state index contributed by atoms with van der Waals surface area (Å²) in [5, 5.41) is 2.57. The molecule has 2 amide bonds. The van der Waals surface area contributed by atoms with Crippen LogP contribution in [0.2, 0.25) is 0 Å². The Labute approximate surface area is 125 Å². The van der Waals surface area contributed by atoms with E-state index in [1.54, 1.807) is 7.05 Å². The highest BCUT2D eigenvalue weighted by Gasteiger charge is 2.18. The van der Waals surface area contributed by atoms with E-state index < -0.39 is 6.04 Å². The molecule has 6 nitrogen and oxygen atoms in total. The summed E-state index contributed by atoms with van der Waals surface area (Å²) < 4.78 is 0. The van der Waals surface area contributed by atoms with Gasteiger partial charge in [-0.05, 0) is 25.0 Å². The molecule has 0 bridgehead atoms. The van der Waals surface area contributed by atoms with Crippen molar-refractivity contribution in [3.05, 3.63) is 29.6 Å². The van der Waals surface area contributed by atoms with Crippen molar-refractivity contribution in [1.29, 1.82) is 0 Å². The fraction of sp³-hybridized carbons (Fsp3) is 0.533. The monoisotopic (exact) mass is 292 g/mol. The summed E-state index contributed by atoms with van der Waals surface area (Å²) in [5.74, 6) is -0.447. The van der Waals surface area contributed by atoms with Gasteiger partial charge in [0, 0.05) is 12.7 Å². The van der Waals surface area contributed by atoms with E-state index in [9.17, 15) is 9.59 Å². The second-order valence-corrected chi connectivity index (χ2v) is 5.51. The van der Waals surface area contributed by atoms with Gasteiger partial charge in [0.05, 0.1) is 24.8 Å². The zero-order chi connectivity index (χ0) is 16.0. The maximum absolute atomic E-state index is 12.0. The number of nitrogens with two attached hydrogens (primary N) is 1. The largest absolute Gasteiger partial charge is 0.346 e. The third kappa shape index (κ3) is 5.51. The van der Waals surface area contributed by atoms with Crippen molar-refractivity contribution in [2.75, 3.05) is 13.6 Å². The van der Waals surface area contributed by atoms with E-state index >= 15 is 0 Å². The molecule has 6 heteroatoms. The van der Waals surface area contributed by atoms with E-state index in [0.717, 1.165) is 11.4 Å². The number of carbonyl (C=O) groups excluding carboxylic acids is 2.